The minimum absolute atomic E-state index is 0.109. The van der Waals surface area contributed by atoms with Crippen LogP contribution in [0.1, 0.15) is 11.1 Å². The maximum atomic E-state index is 13.1. The van der Waals surface area contributed by atoms with Gasteiger partial charge in [0.2, 0.25) is 0 Å². The molecule has 0 aliphatic carbocycles. The van der Waals surface area contributed by atoms with E-state index in [9.17, 15) is 9.18 Å². The Hall–Kier alpha value is -3.21. The molecule has 3 aromatic rings. The molecule has 4 nitrogen and oxygen atoms in total. The number of rotatable bonds is 6. The first kappa shape index (κ1) is 17.6. The van der Waals surface area contributed by atoms with Gasteiger partial charge in [-0.1, -0.05) is 36.4 Å². The van der Waals surface area contributed by atoms with Crippen LogP contribution >= 0.6 is 0 Å². The summed E-state index contributed by atoms with van der Waals surface area (Å²) in [6.07, 6.45) is 1.63. The Bertz CT molecular complexity index is 867. The fourth-order valence-corrected chi connectivity index (χ4v) is 2.52. The van der Waals surface area contributed by atoms with E-state index < -0.39 is 0 Å². The Morgan fingerprint density at radius 2 is 1.77 bits per heavy atom. The van der Waals surface area contributed by atoms with Crippen LogP contribution in [-0.4, -0.2) is 17.5 Å². The second kappa shape index (κ2) is 8.25. The van der Waals surface area contributed by atoms with Crippen LogP contribution in [0.5, 0.6) is 5.75 Å². The monoisotopic (exact) mass is 350 g/mol. The Kier molecular flexibility index (Phi) is 5.59. The molecule has 0 saturated heterocycles. The molecule has 1 amide bonds. The molecule has 0 atom stereocenters. The number of carbonyl (C=O) groups excluding carboxylic acids is 1. The standard InChI is InChI=1S/C21H19FN2O2/c1-16-6-2-3-7-19(16)26-15-21(25)24(20-8-4-5-13-23-20)14-17-9-11-18(22)12-10-17/h2-13H,14-15H2,1H3. The Balaban J connectivity index is 1.77. The largest absolute Gasteiger partial charge is 0.483 e. The molecule has 0 N–H and O–H groups in total. The zero-order valence-electron chi connectivity index (χ0n) is 14.4. The van der Waals surface area contributed by atoms with Crippen LogP contribution in [0.4, 0.5) is 10.2 Å². The Morgan fingerprint density at radius 1 is 1.04 bits per heavy atom. The zero-order valence-corrected chi connectivity index (χ0v) is 14.4. The van der Waals surface area contributed by atoms with E-state index in [1.54, 1.807) is 30.5 Å². The van der Waals surface area contributed by atoms with Crippen molar-refractivity contribution >= 4 is 11.7 Å². The number of aryl methyl sites for hydroxylation is 1. The van der Waals surface area contributed by atoms with Crippen molar-refractivity contribution in [2.75, 3.05) is 11.5 Å². The number of amides is 1. The molecule has 0 spiro atoms. The van der Waals surface area contributed by atoms with Gasteiger partial charge in [-0.2, -0.15) is 0 Å². The van der Waals surface area contributed by atoms with E-state index in [-0.39, 0.29) is 24.9 Å². The number of pyridine rings is 1. The summed E-state index contributed by atoms with van der Waals surface area (Å²) in [5, 5.41) is 0. The topological polar surface area (TPSA) is 42.4 Å². The highest BCUT2D eigenvalue weighted by atomic mass is 19.1. The molecule has 0 unspecified atom stereocenters. The number of aromatic nitrogens is 1. The van der Waals surface area contributed by atoms with Gasteiger partial charge in [-0.05, 0) is 48.4 Å². The third-order valence-electron chi connectivity index (χ3n) is 3.93. The number of hydrogen-bond acceptors (Lipinski definition) is 3. The fourth-order valence-electron chi connectivity index (χ4n) is 2.52. The number of nitrogens with zero attached hydrogens (tertiary/aromatic N) is 2. The number of hydrogen-bond donors (Lipinski definition) is 0. The van der Waals surface area contributed by atoms with Gasteiger partial charge >= 0.3 is 0 Å². The second-order valence-electron chi connectivity index (χ2n) is 5.85. The minimum Gasteiger partial charge on any atom is -0.483 e. The van der Waals surface area contributed by atoms with E-state index >= 15 is 0 Å². The molecule has 0 fully saturated rings. The Labute approximate surface area is 151 Å². The summed E-state index contributed by atoms with van der Waals surface area (Å²) in [6.45, 7) is 2.10. The first-order valence-electron chi connectivity index (χ1n) is 8.28. The van der Waals surface area contributed by atoms with Gasteiger partial charge < -0.3 is 4.74 Å². The highest BCUT2D eigenvalue weighted by Crippen LogP contribution is 2.18. The predicted octanol–water partition coefficient (Wildman–Crippen LogP) is 4.14. The van der Waals surface area contributed by atoms with Gasteiger partial charge in [0.25, 0.3) is 5.91 Å². The molecule has 0 saturated carbocycles. The molecule has 0 radical (unpaired) electrons. The molecule has 0 aliphatic rings. The van der Waals surface area contributed by atoms with Gasteiger partial charge in [0, 0.05) is 6.20 Å². The van der Waals surface area contributed by atoms with E-state index in [2.05, 4.69) is 4.98 Å². The van der Waals surface area contributed by atoms with Crippen molar-refractivity contribution in [2.45, 2.75) is 13.5 Å². The van der Waals surface area contributed by atoms with Crippen LogP contribution in [-0.2, 0) is 11.3 Å². The van der Waals surface area contributed by atoms with Crippen molar-refractivity contribution in [2.24, 2.45) is 0 Å². The number of halogens is 1. The molecule has 1 heterocycles. The summed E-state index contributed by atoms with van der Waals surface area (Å²) in [4.78, 5) is 18.6. The normalized spacial score (nSPS) is 10.4. The minimum atomic E-state index is -0.313. The van der Waals surface area contributed by atoms with Crippen LogP contribution in [0.25, 0.3) is 0 Å². The third-order valence-corrected chi connectivity index (χ3v) is 3.93. The lowest BCUT2D eigenvalue weighted by Crippen LogP contribution is -2.35. The van der Waals surface area contributed by atoms with E-state index in [1.807, 2.05) is 37.3 Å². The molecule has 5 heteroatoms. The van der Waals surface area contributed by atoms with Crippen LogP contribution in [0.3, 0.4) is 0 Å². The quantitative estimate of drug-likeness (QED) is 0.671. The van der Waals surface area contributed by atoms with Gasteiger partial charge in [0.1, 0.15) is 17.4 Å². The van der Waals surface area contributed by atoms with Crippen LogP contribution in [0, 0.1) is 12.7 Å². The Morgan fingerprint density at radius 3 is 2.46 bits per heavy atom. The number of para-hydroxylation sites is 1. The average Bonchev–Trinajstić information content (AvgIpc) is 2.67. The molecular formula is C21H19FN2O2. The first-order chi connectivity index (χ1) is 12.6. The lowest BCUT2D eigenvalue weighted by molar-refractivity contribution is -0.120. The summed E-state index contributed by atoms with van der Waals surface area (Å²) < 4.78 is 18.8. The number of benzene rings is 2. The second-order valence-corrected chi connectivity index (χ2v) is 5.85. The molecule has 0 aliphatic heterocycles. The molecular weight excluding hydrogens is 331 g/mol. The van der Waals surface area contributed by atoms with Crippen molar-refractivity contribution in [3.8, 4) is 5.75 Å². The summed E-state index contributed by atoms with van der Waals surface area (Å²) in [5.74, 6) is 0.655. The molecule has 1 aromatic heterocycles. The SMILES string of the molecule is Cc1ccccc1OCC(=O)N(Cc1ccc(F)cc1)c1ccccn1. The van der Waals surface area contributed by atoms with Crippen LogP contribution in [0.2, 0.25) is 0 Å². The predicted molar refractivity (Wildman–Crippen MR) is 98.5 cm³/mol. The van der Waals surface area contributed by atoms with Gasteiger partial charge in [-0.25, -0.2) is 9.37 Å². The average molecular weight is 350 g/mol. The number of carbonyl (C=O) groups is 1. The lowest BCUT2D eigenvalue weighted by Gasteiger charge is -2.22. The van der Waals surface area contributed by atoms with Crippen LogP contribution < -0.4 is 9.64 Å². The summed E-state index contributed by atoms with van der Waals surface area (Å²) in [6, 6.07) is 18.9. The first-order valence-corrected chi connectivity index (χ1v) is 8.28. The van der Waals surface area contributed by atoms with E-state index in [0.29, 0.717) is 11.6 Å². The highest BCUT2D eigenvalue weighted by Gasteiger charge is 2.18. The van der Waals surface area contributed by atoms with Crippen LogP contribution in [0.15, 0.2) is 72.9 Å². The van der Waals surface area contributed by atoms with Gasteiger partial charge in [0.05, 0.1) is 6.54 Å². The van der Waals surface area contributed by atoms with Crippen molar-refractivity contribution in [3.05, 3.63) is 89.9 Å². The van der Waals surface area contributed by atoms with Gasteiger partial charge in [-0.15, -0.1) is 0 Å². The van der Waals surface area contributed by atoms with Crippen molar-refractivity contribution in [1.29, 1.82) is 0 Å². The lowest BCUT2D eigenvalue weighted by atomic mass is 10.2. The van der Waals surface area contributed by atoms with Crippen molar-refractivity contribution in [1.82, 2.24) is 4.98 Å². The summed E-state index contributed by atoms with van der Waals surface area (Å²) >= 11 is 0. The summed E-state index contributed by atoms with van der Waals surface area (Å²) in [5.41, 5.74) is 1.77. The van der Waals surface area contributed by atoms with Gasteiger partial charge in [0.15, 0.2) is 6.61 Å². The molecule has 132 valence electrons. The van der Waals surface area contributed by atoms with E-state index in [0.717, 1.165) is 11.1 Å². The van der Waals surface area contributed by atoms with Crippen molar-refractivity contribution in [3.63, 3.8) is 0 Å². The van der Waals surface area contributed by atoms with E-state index in [1.165, 1.54) is 17.0 Å². The number of ether oxygens (including phenoxy) is 1. The van der Waals surface area contributed by atoms with Gasteiger partial charge in [-0.3, -0.25) is 9.69 Å². The molecule has 26 heavy (non-hydrogen) atoms. The molecule has 2 aromatic carbocycles. The molecule has 3 rings (SSSR count). The number of anilines is 1. The molecule has 0 bridgehead atoms. The maximum absolute atomic E-state index is 13.1. The maximum Gasteiger partial charge on any atom is 0.266 e. The smallest absolute Gasteiger partial charge is 0.266 e. The fraction of sp³-hybridized carbons (Fsp3) is 0.143. The van der Waals surface area contributed by atoms with E-state index in [4.69, 9.17) is 4.74 Å². The third kappa shape index (κ3) is 4.45. The highest BCUT2D eigenvalue weighted by molar-refractivity contribution is 5.93. The van der Waals surface area contributed by atoms with Crippen molar-refractivity contribution < 1.29 is 13.9 Å². The summed E-state index contributed by atoms with van der Waals surface area (Å²) in [7, 11) is 0. The zero-order chi connectivity index (χ0) is 18.4.